The molecule has 3 N–H and O–H groups in total. The molecule has 1 aromatic carbocycles. The van der Waals surface area contributed by atoms with Crippen molar-refractivity contribution in [1.82, 2.24) is 9.97 Å². The Hall–Kier alpha value is -3.10. The fourth-order valence-corrected chi connectivity index (χ4v) is 2.66. The lowest BCUT2D eigenvalue weighted by molar-refractivity contribution is -0.383. The van der Waals surface area contributed by atoms with E-state index in [0.29, 0.717) is 17.4 Å². The summed E-state index contributed by atoms with van der Waals surface area (Å²) in [7, 11) is 1.53. The van der Waals surface area contributed by atoms with Gasteiger partial charge in [-0.05, 0) is 25.0 Å². The third kappa shape index (κ3) is 3.00. The van der Waals surface area contributed by atoms with Gasteiger partial charge in [0, 0.05) is 13.1 Å². The zero-order chi connectivity index (χ0) is 17.1. The number of ether oxygens (including phenoxy) is 1. The first-order valence-corrected chi connectivity index (χ1v) is 7.57. The molecule has 3 rings (SSSR count). The topological polar surface area (TPSA) is 119 Å². The molecule has 0 unspecified atom stereocenters. The Morgan fingerprint density at radius 2 is 2.00 bits per heavy atom. The molecule has 0 bridgehead atoms. The van der Waals surface area contributed by atoms with E-state index in [1.54, 1.807) is 18.2 Å². The minimum Gasteiger partial charge on any atom is -0.495 e. The first-order chi connectivity index (χ1) is 11.6. The maximum Gasteiger partial charge on any atom is 0.353 e. The molecule has 24 heavy (non-hydrogen) atoms. The lowest BCUT2D eigenvalue weighted by Crippen LogP contribution is -2.22. The van der Waals surface area contributed by atoms with Crippen molar-refractivity contribution in [2.24, 2.45) is 0 Å². The second-order valence-electron chi connectivity index (χ2n) is 5.38. The fourth-order valence-electron chi connectivity index (χ4n) is 2.66. The van der Waals surface area contributed by atoms with Crippen LogP contribution in [0.2, 0.25) is 0 Å². The molecule has 1 aromatic heterocycles. The van der Waals surface area contributed by atoms with Crippen LogP contribution in [-0.4, -0.2) is 35.1 Å². The van der Waals surface area contributed by atoms with Gasteiger partial charge in [0.25, 0.3) is 0 Å². The quantitative estimate of drug-likeness (QED) is 0.633. The van der Waals surface area contributed by atoms with Crippen molar-refractivity contribution >= 4 is 29.0 Å². The summed E-state index contributed by atoms with van der Waals surface area (Å²) < 4.78 is 5.26. The number of nitrogen functional groups attached to an aromatic ring is 1. The van der Waals surface area contributed by atoms with Crippen molar-refractivity contribution in [2.75, 3.05) is 36.1 Å². The number of hydrogen-bond donors (Lipinski definition) is 2. The zero-order valence-corrected chi connectivity index (χ0v) is 13.2. The van der Waals surface area contributed by atoms with Gasteiger partial charge in [0.15, 0.2) is 0 Å². The molecular formula is C15H18N6O3. The number of benzene rings is 1. The lowest BCUT2D eigenvalue weighted by atomic mass is 10.3. The van der Waals surface area contributed by atoms with E-state index >= 15 is 0 Å². The molecule has 0 aliphatic carbocycles. The van der Waals surface area contributed by atoms with Gasteiger partial charge in [0.1, 0.15) is 5.75 Å². The summed E-state index contributed by atoms with van der Waals surface area (Å²) in [5, 5.41) is 14.3. The average Bonchev–Trinajstić information content (AvgIpc) is 3.09. The van der Waals surface area contributed by atoms with Gasteiger partial charge in [-0.15, -0.1) is 0 Å². The second-order valence-corrected chi connectivity index (χ2v) is 5.38. The van der Waals surface area contributed by atoms with E-state index in [1.165, 1.54) is 7.11 Å². The van der Waals surface area contributed by atoms with Crippen LogP contribution in [0.5, 0.6) is 5.75 Å². The molecule has 1 saturated heterocycles. The molecule has 0 saturated carbocycles. The Kier molecular flexibility index (Phi) is 4.32. The van der Waals surface area contributed by atoms with Gasteiger partial charge in [0.2, 0.25) is 17.6 Å². The predicted octanol–water partition coefficient (Wildman–Crippen LogP) is 2.32. The van der Waals surface area contributed by atoms with Crippen LogP contribution in [0.4, 0.5) is 29.0 Å². The van der Waals surface area contributed by atoms with Gasteiger partial charge in [-0.1, -0.05) is 12.1 Å². The molecular weight excluding hydrogens is 312 g/mol. The number of nitrogens with one attached hydrogen (secondary N) is 1. The molecule has 2 aromatic rings. The Labute approximate surface area is 138 Å². The molecule has 0 spiro atoms. The fraction of sp³-hybridized carbons (Fsp3) is 0.333. The number of anilines is 4. The molecule has 1 fully saturated rings. The summed E-state index contributed by atoms with van der Waals surface area (Å²) in [4.78, 5) is 21.2. The Balaban J connectivity index is 2.04. The molecule has 9 nitrogen and oxygen atoms in total. The van der Waals surface area contributed by atoms with Crippen LogP contribution in [0.15, 0.2) is 24.3 Å². The largest absolute Gasteiger partial charge is 0.495 e. The van der Waals surface area contributed by atoms with Crippen LogP contribution in [0.3, 0.4) is 0 Å². The van der Waals surface area contributed by atoms with E-state index in [4.69, 9.17) is 10.5 Å². The third-order valence-electron chi connectivity index (χ3n) is 3.83. The van der Waals surface area contributed by atoms with Crippen LogP contribution in [0, 0.1) is 10.1 Å². The maximum atomic E-state index is 11.4. The van der Waals surface area contributed by atoms with Crippen molar-refractivity contribution in [2.45, 2.75) is 12.8 Å². The summed E-state index contributed by atoms with van der Waals surface area (Å²) in [6.07, 6.45) is 2.07. The first kappa shape index (κ1) is 15.8. The van der Waals surface area contributed by atoms with Crippen LogP contribution in [0.25, 0.3) is 0 Å². The van der Waals surface area contributed by atoms with Crippen LogP contribution < -0.4 is 20.7 Å². The third-order valence-corrected chi connectivity index (χ3v) is 3.83. The van der Waals surface area contributed by atoms with E-state index in [1.807, 2.05) is 11.0 Å². The molecule has 0 radical (unpaired) electrons. The molecule has 0 amide bonds. The number of para-hydroxylation sites is 2. The van der Waals surface area contributed by atoms with E-state index in [2.05, 4.69) is 15.3 Å². The minimum absolute atomic E-state index is 0.0545. The van der Waals surface area contributed by atoms with Gasteiger partial charge in [-0.25, -0.2) is 0 Å². The van der Waals surface area contributed by atoms with Gasteiger partial charge in [-0.2, -0.15) is 9.97 Å². The Morgan fingerprint density at radius 3 is 2.67 bits per heavy atom. The predicted molar refractivity (Wildman–Crippen MR) is 90.8 cm³/mol. The highest BCUT2D eigenvalue weighted by Gasteiger charge is 2.26. The van der Waals surface area contributed by atoms with Gasteiger partial charge in [-0.3, -0.25) is 10.1 Å². The van der Waals surface area contributed by atoms with Gasteiger partial charge in [0.05, 0.1) is 17.7 Å². The van der Waals surface area contributed by atoms with E-state index in [9.17, 15) is 10.1 Å². The van der Waals surface area contributed by atoms with Crippen molar-refractivity contribution in [3.63, 3.8) is 0 Å². The number of aromatic nitrogens is 2. The summed E-state index contributed by atoms with van der Waals surface area (Å²) in [5.41, 5.74) is 6.04. The second kappa shape index (κ2) is 6.57. The average molecular weight is 330 g/mol. The highest BCUT2D eigenvalue weighted by Crippen LogP contribution is 2.35. The summed E-state index contributed by atoms with van der Waals surface area (Å²) >= 11 is 0. The van der Waals surface area contributed by atoms with Crippen LogP contribution >= 0.6 is 0 Å². The number of nitrogens with zero attached hydrogens (tertiary/aromatic N) is 4. The number of nitro groups is 1. The highest BCUT2D eigenvalue weighted by atomic mass is 16.6. The van der Waals surface area contributed by atoms with Gasteiger partial charge < -0.3 is 20.7 Å². The number of hydrogen-bond acceptors (Lipinski definition) is 8. The molecule has 2 heterocycles. The number of rotatable bonds is 5. The molecule has 9 heteroatoms. The van der Waals surface area contributed by atoms with E-state index < -0.39 is 4.92 Å². The van der Waals surface area contributed by atoms with Gasteiger partial charge >= 0.3 is 5.69 Å². The Morgan fingerprint density at radius 1 is 1.29 bits per heavy atom. The van der Waals surface area contributed by atoms with Crippen molar-refractivity contribution in [3.05, 3.63) is 34.4 Å². The molecule has 0 atom stereocenters. The maximum absolute atomic E-state index is 11.4. The van der Waals surface area contributed by atoms with Crippen molar-refractivity contribution in [1.29, 1.82) is 0 Å². The first-order valence-electron chi connectivity index (χ1n) is 7.57. The summed E-state index contributed by atoms with van der Waals surface area (Å²) in [6.45, 7) is 1.62. The molecule has 1 aliphatic rings. The van der Waals surface area contributed by atoms with Crippen LogP contribution in [-0.2, 0) is 0 Å². The smallest absolute Gasteiger partial charge is 0.353 e. The van der Waals surface area contributed by atoms with E-state index in [-0.39, 0.29) is 17.3 Å². The zero-order valence-electron chi connectivity index (χ0n) is 13.2. The lowest BCUT2D eigenvalue weighted by Gasteiger charge is -2.17. The SMILES string of the molecule is COc1ccccc1Nc1nc(N2CCCC2)nc(N)c1[N+](=O)[O-]. The van der Waals surface area contributed by atoms with Crippen molar-refractivity contribution < 1.29 is 9.66 Å². The molecule has 126 valence electrons. The molecule has 1 aliphatic heterocycles. The van der Waals surface area contributed by atoms with E-state index in [0.717, 1.165) is 25.9 Å². The minimum atomic E-state index is -0.582. The summed E-state index contributed by atoms with van der Waals surface area (Å²) in [5.74, 6) is 0.841. The normalized spacial score (nSPS) is 13.8. The van der Waals surface area contributed by atoms with Crippen molar-refractivity contribution in [3.8, 4) is 5.75 Å². The van der Waals surface area contributed by atoms with Crippen LogP contribution in [0.1, 0.15) is 12.8 Å². The summed E-state index contributed by atoms with van der Waals surface area (Å²) in [6, 6.07) is 7.10. The number of nitrogens with two attached hydrogens (primary N) is 1. The number of methoxy groups -OCH3 is 1. The highest BCUT2D eigenvalue weighted by molar-refractivity contribution is 5.76. The standard InChI is InChI=1S/C15H18N6O3/c1-24-11-7-3-2-6-10(11)17-14-12(21(22)23)13(16)18-15(19-14)20-8-4-5-9-20/h2-3,6-7H,4-5,8-9H2,1H3,(H3,16,17,18,19). The Bertz CT molecular complexity index is 761. The monoisotopic (exact) mass is 330 g/mol.